The summed E-state index contributed by atoms with van der Waals surface area (Å²) in [7, 11) is 0. The van der Waals surface area contributed by atoms with Crippen LogP contribution >= 0.6 is 0 Å². The zero-order chi connectivity index (χ0) is 13.5. The molecule has 0 atom stereocenters. The summed E-state index contributed by atoms with van der Waals surface area (Å²) >= 11 is 0. The zero-order valence-corrected chi connectivity index (χ0v) is 11.0. The third-order valence-electron chi connectivity index (χ3n) is 2.73. The fourth-order valence-corrected chi connectivity index (χ4v) is 1.69. The summed E-state index contributed by atoms with van der Waals surface area (Å²) in [6.07, 6.45) is 1.79. The number of hydrogen-bond acceptors (Lipinski definition) is 4. The van der Waals surface area contributed by atoms with Crippen molar-refractivity contribution in [3.8, 4) is 11.6 Å². The van der Waals surface area contributed by atoms with Crippen LogP contribution < -0.4 is 10.1 Å². The highest BCUT2D eigenvalue weighted by Crippen LogP contribution is 2.23. The van der Waals surface area contributed by atoms with Gasteiger partial charge in [-0.25, -0.2) is 4.98 Å². The molecule has 1 heterocycles. The maximum absolute atomic E-state index is 9.23. The average Bonchev–Trinajstić information content (AvgIpc) is 2.47. The lowest BCUT2D eigenvalue weighted by molar-refractivity contribution is 0.276. The van der Waals surface area contributed by atoms with E-state index in [-0.39, 0.29) is 6.61 Å². The first kappa shape index (κ1) is 13.5. The second kappa shape index (κ2) is 6.87. The number of aliphatic hydroxyl groups is 1. The number of nitrogens with one attached hydrogen (secondary N) is 1. The highest BCUT2D eigenvalue weighted by atomic mass is 16.5. The number of para-hydroxylation sites is 1. The smallest absolute Gasteiger partial charge is 0.219 e. The number of aromatic nitrogens is 1. The van der Waals surface area contributed by atoms with Crippen molar-refractivity contribution in [2.24, 2.45) is 0 Å². The molecular weight excluding hydrogens is 240 g/mol. The fourth-order valence-electron chi connectivity index (χ4n) is 1.69. The summed E-state index contributed by atoms with van der Waals surface area (Å²) in [5.74, 6) is 1.16. The van der Waals surface area contributed by atoms with Crippen molar-refractivity contribution in [3.63, 3.8) is 0 Å². The van der Waals surface area contributed by atoms with Crippen LogP contribution in [0.4, 0.5) is 0 Å². The van der Waals surface area contributed by atoms with Gasteiger partial charge < -0.3 is 15.2 Å². The first-order valence-electron chi connectivity index (χ1n) is 6.35. The highest BCUT2D eigenvalue weighted by molar-refractivity contribution is 5.35. The van der Waals surface area contributed by atoms with Crippen LogP contribution in [0, 0.1) is 0 Å². The molecule has 1 aromatic carbocycles. The van der Waals surface area contributed by atoms with Crippen LogP contribution in [0.2, 0.25) is 0 Å². The second-order valence-electron chi connectivity index (χ2n) is 4.15. The zero-order valence-electron chi connectivity index (χ0n) is 11.0. The average molecular weight is 258 g/mol. The molecule has 0 amide bonds. The molecule has 2 N–H and O–H groups in total. The van der Waals surface area contributed by atoms with Gasteiger partial charge in [-0.2, -0.15) is 0 Å². The Bertz CT molecular complexity index is 512. The van der Waals surface area contributed by atoms with Crippen LogP contribution in [0.25, 0.3) is 0 Å². The third-order valence-corrected chi connectivity index (χ3v) is 2.73. The van der Waals surface area contributed by atoms with E-state index in [0.29, 0.717) is 11.6 Å². The maximum Gasteiger partial charge on any atom is 0.219 e. The quantitative estimate of drug-likeness (QED) is 0.835. The van der Waals surface area contributed by atoms with Gasteiger partial charge in [-0.3, -0.25) is 0 Å². The summed E-state index contributed by atoms with van der Waals surface area (Å²) < 4.78 is 5.67. The Kier molecular flexibility index (Phi) is 4.89. The molecule has 1 aromatic heterocycles. The van der Waals surface area contributed by atoms with Crippen molar-refractivity contribution < 1.29 is 9.84 Å². The van der Waals surface area contributed by atoms with Gasteiger partial charge in [0.1, 0.15) is 5.75 Å². The maximum atomic E-state index is 9.23. The number of hydrogen-bond donors (Lipinski definition) is 2. The Labute approximate surface area is 113 Å². The number of rotatable bonds is 6. The minimum atomic E-state index is -0.0469. The monoisotopic (exact) mass is 258 g/mol. The molecule has 0 fully saturated rings. The molecule has 2 rings (SSSR count). The van der Waals surface area contributed by atoms with Gasteiger partial charge in [0.15, 0.2) is 0 Å². The molecule has 0 radical (unpaired) electrons. The Hall–Kier alpha value is -1.91. The molecule has 0 aliphatic rings. The van der Waals surface area contributed by atoms with Gasteiger partial charge in [0.05, 0.1) is 6.61 Å². The molecule has 0 unspecified atom stereocenters. The predicted molar refractivity (Wildman–Crippen MR) is 74.1 cm³/mol. The molecule has 0 saturated carbocycles. The van der Waals surface area contributed by atoms with Crippen molar-refractivity contribution in [1.82, 2.24) is 10.3 Å². The molecule has 19 heavy (non-hydrogen) atoms. The van der Waals surface area contributed by atoms with E-state index in [2.05, 4.69) is 17.2 Å². The second-order valence-corrected chi connectivity index (χ2v) is 4.15. The first-order chi connectivity index (χ1) is 9.33. The van der Waals surface area contributed by atoms with E-state index in [1.807, 2.05) is 36.4 Å². The van der Waals surface area contributed by atoms with Gasteiger partial charge >= 0.3 is 0 Å². The van der Waals surface area contributed by atoms with Gasteiger partial charge in [-0.15, -0.1) is 0 Å². The van der Waals surface area contributed by atoms with E-state index >= 15 is 0 Å². The minimum Gasteiger partial charge on any atom is -0.439 e. The molecule has 0 bridgehead atoms. The van der Waals surface area contributed by atoms with E-state index in [1.54, 1.807) is 6.20 Å². The van der Waals surface area contributed by atoms with Crippen LogP contribution in [0.5, 0.6) is 11.6 Å². The van der Waals surface area contributed by atoms with Gasteiger partial charge in [0.2, 0.25) is 5.88 Å². The molecule has 0 spiro atoms. The molecule has 0 aliphatic heterocycles. The Morgan fingerprint density at radius 2 is 2.05 bits per heavy atom. The normalized spacial score (nSPS) is 10.4. The fraction of sp³-hybridized carbons (Fsp3) is 0.267. The number of pyridine rings is 1. The summed E-state index contributed by atoms with van der Waals surface area (Å²) in [5, 5.41) is 12.5. The number of nitrogens with zero attached hydrogens (tertiary/aromatic N) is 1. The summed E-state index contributed by atoms with van der Waals surface area (Å²) in [5.41, 5.74) is 1.87. The SMILES string of the molecule is CCNCc1ccc(Oc2ccccc2CO)nc1. The lowest BCUT2D eigenvalue weighted by Crippen LogP contribution is -2.11. The van der Waals surface area contributed by atoms with Crippen molar-refractivity contribution >= 4 is 0 Å². The van der Waals surface area contributed by atoms with E-state index in [1.165, 1.54) is 0 Å². The number of aliphatic hydroxyl groups excluding tert-OH is 1. The topological polar surface area (TPSA) is 54.4 Å². The molecule has 4 nitrogen and oxygen atoms in total. The van der Waals surface area contributed by atoms with Gasteiger partial charge in [0.25, 0.3) is 0 Å². The van der Waals surface area contributed by atoms with Crippen LogP contribution in [-0.2, 0) is 13.2 Å². The van der Waals surface area contributed by atoms with Crippen LogP contribution in [0.1, 0.15) is 18.1 Å². The molecular formula is C15H18N2O2. The molecule has 100 valence electrons. The van der Waals surface area contributed by atoms with Crippen molar-refractivity contribution in [2.45, 2.75) is 20.1 Å². The standard InChI is InChI=1S/C15H18N2O2/c1-2-16-9-12-7-8-15(17-10-12)19-14-6-4-3-5-13(14)11-18/h3-8,10,16,18H,2,9,11H2,1H3. The molecule has 4 heteroatoms. The van der Waals surface area contributed by atoms with Gasteiger partial charge in [-0.05, 0) is 18.2 Å². The largest absolute Gasteiger partial charge is 0.439 e. The summed E-state index contributed by atoms with van der Waals surface area (Å²) in [6.45, 7) is 3.75. The van der Waals surface area contributed by atoms with Crippen LogP contribution in [0.15, 0.2) is 42.6 Å². The van der Waals surface area contributed by atoms with Gasteiger partial charge in [0, 0.05) is 24.4 Å². The first-order valence-corrected chi connectivity index (χ1v) is 6.35. The Morgan fingerprint density at radius 3 is 2.74 bits per heavy atom. The van der Waals surface area contributed by atoms with Crippen molar-refractivity contribution in [2.75, 3.05) is 6.54 Å². The Morgan fingerprint density at radius 1 is 1.21 bits per heavy atom. The highest BCUT2D eigenvalue weighted by Gasteiger charge is 2.04. The molecule has 0 aliphatic carbocycles. The predicted octanol–water partition coefficient (Wildman–Crippen LogP) is 2.48. The number of ether oxygens (including phenoxy) is 1. The third kappa shape index (κ3) is 3.77. The lowest BCUT2D eigenvalue weighted by Gasteiger charge is -2.09. The number of benzene rings is 1. The summed E-state index contributed by atoms with van der Waals surface area (Å²) in [6, 6.07) is 11.2. The van der Waals surface area contributed by atoms with E-state index in [0.717, 1.165) is 24.2 Å². The Balaban J connectivity index is 2.06. The van der Waals surface area contributed by atoms with E-state index < -0.39 is 0 Å². The van der Waals surface area contributed by atoms with Crippen LogP contribution in [0.3, 0.4) is 0 Å². The molecule has 0 saturated heterocycles. The summed E-state index contributed by atoms with van der Waals surface area (Å²) in [4.78, 5) is 4.26. The lowest BCUT2D eigenvalue weighted by atomic mass is 10.2. The van der Waals surface area contributed by atoms with E-state index in [4.69, 9.17) is 4.74 Å². The van der Waals surface area contributed by atoms with E-state index in [9.17, 15) is 5.11 Å². The molecule has 2 aromatic rings. The minimum absolute atomic E-state index is 0.0469. The van der Waals surface area contributed by atoms with Crippen molar-refractivity contribution in [3.05, 3.63) is 53.7 Å². The van der Waals surface area contributed by atoms with Crippen LogP contribution in [-0.4, -0.2) is 16.6 Å². The van der Waals surface area contributed by atoms with Crippen molar-refractivity contribution in [1.29, 1.82) is 0 Å². The van der Waals surface area contributed by atoms with Gasteiger partial charge in [-0.1, -0.05) is 31.2 Å².